The molecule has 0 spiro atoms. The summed E-state index contributed by atoms with van der Waals surface area (Å²) >= 11 is 0. The van der Waals surface area contributed by atoms with Crippen LogP contribution in [0.1, 0.15) is 49.8 Å². The number of rotatable bonds is 6. The van der Waals surface area contributed by atoms with Crippen molar-refractivity contribution in [1.82, 2.24) is 5.32 Å². The fraction of sp³-hybridized carbons (Fsp3) is 0.458. The summed E-state index contributed by atoms with van der Waals surface area (Å²) in [5.74, 6) is 0.322. The van der Waals surface area contributed by atoms with Crippen molar-refractivity contribution in [2.75, 3.05) is 13.1 Å². The molecule has 0 saturated carbocycles. The van der Waals surface area contributed by atoms with Crippen molar-refractivity contribution in [2.24, 2.45) is 17.6 Å². The molecule has 2 aromatic rings. The summed E-state index contributed by atoms with van der Waals surface area (Å²) in [7, 11) is 0. The van der Waals surface area contributed by atoms with E-state index in [-0.39, 0.29) is 23.2 Å². The third kappa shape index (κ3) is 3.79. The van der Waals surface area contributed by atoms with Gasteiger partial charge in [0.2, 0.25) is 5.91 Å². The van der Waals surface area contributed by atoms with E-state index >= 15 is 0 Å². The zero-order valence-corrected chi connectivity index (χ0v) is 16.7. The second-order valence-corrected chi connectivity index (χ2v) is 8.34. The van der Waals surface area contributed by atoms with Crippen LogP contribution in [-0.2, 0) is 16.6 Å². The number of nitrogens with one attached hydrogen (secondary N) is 1. The first-order chi connectivity index (χ1) is 13.0. The van der Waals surface area contributed by atoms with Crippen molar-refractivity contribution in [2.45, 2.75) is 44.9 Å². The first-order valence-corrected chi connectivity index (χ1v) is 10.1. The van der Waals surface area contributed by atoms with Gasteiger partial charge in [0.1, 0.15) is 0 Å². The Morgan fingerprint density at radius 2 is 1.78 bits per heavy atom. The molecule has 0 radical (unpaired) electrons. The molecule has 3 N–H and O–H groups in total. The van der Waals surface area contributed by atoms with Crippen LogP contribution in [0.2, 0.25) is 0 Å². The molecule has 1 fully saturated rings. The van der Waals surface area contributed by atoms with Gasteiger partial charge in [-0.15, -0.1) is 0 Å². The standard InChI is InChI=1S/C24H32N2O/c1-17(2)15-20-11-7-8-12-21(20)24(18(3)23(25)27)13-14-26-16-22(24)19-9-5-4-6-10-19/h4-12,17-18,22,26H,13-16H2,1-3H3,(H2,25,27). The second kappa shape index (κ2) is 8.26. The van der Waals surface area contributed by atoms with Crippen LogP contribution in [0.15, 0.2) is 54.6 Å². The van der Waals surface area contributed by atoms with Gasteiger partial charge in [0.05, 0.1) is 0 Å². The first kappa shape index (κ1) is 19.6. The highest BCUT2D eigenvalue weighted by Crippen LogP contribution is 2.50. The van der Waals surface area contributed by atoms with Crippen molar-refractivity contribution in [3.05, 3.63) is 71.3 Å². The summed E-state index contributed by atoms with van der Waals surface area (Å²) in [6, 6.07) is 19.3. The maximum Gasteiger partial charge on any atom is 0.221 e. The number of amides is 1. The van der Waals surface area contributed by atoms with Gasteiger partial charge in [0.25, 0.3) is 0 Å². The zero-order valence-electron chi connectivity index (χ0n) is 16.7. The van der Waals surface area contributed by atoms with Gasteiger partial charge in [-0.05, 0) is 42.0 Å². The lowest BCUT2D eigenvalue weighted by atomic mass is 9.56. The largest absolute Gasteiger partial charge is 0.369 e. The Bertz CT molecular complexity index is 771. The number of hydrogen-bond acceptors (Lipinski definition) is 2. The van der Waals surface area contributed by atoms with Crippen LogP contribution >= 0.6 is 0 Å². The van der Waals surface area contributed by atoms with Crippen molar-refractivity contribution >= 4 is 5.91 Å². The summed E-state index contributed by atoms with van der Waals surface area (Å²) in [5.41, 5.74) is 9.57. The molecular weight excluding hydrogens is 332 g/mol. The molecule has 0 aliphatic carbocycles. The quantitative estimate of drug-likeness (QED) is 0.813. The molecule has 3 atom stereocenters. The number of primary amides is 1. The Kier molecular flexibility index (Phi) is 6.01. The van der Waals surface area contributed by atoms with Gasteiger partial charge in [-0.2, -0.15) is 0 Å². The van der Waals surface area contributed by atoms with Gasteiger partial charge in [-0.25, -0.2) is 0 Å². The Balaban J connectivity index is 2.22. The predicted molar refractivity (Wildman–Crippen MR) is 112 cm³/mol. The number of nitrogens with two attached hydrogens (primary N) is 1. The van der Waals surface area contributed by atoms with Crippen LogP contribution < -0.4 is 11.1 Å². The summed E-state index contributed by atoms with van der Waals surface area (Å²) in [5, 5.41) is 3.56. The highest BCUT2D eigenvalue weighted by molar-refractivity contribution is 5.79. The Hall–Kier alpha value is -2.13. The predicted octanol–water partition coefficient (Wildman–Crippen LogP) is 4.02. The van der Waals surface area contributed by atoms with E-state index in [1.165, 1.54) is 16.7 Å². The molecule has 3 rings (SSSR count). The van der Waals surface area contributed by atoms with Crippen molar-refractivity contribution in [3.63, 3.8) is 0 Å². The molecule has 3 unspecified atom stereocenters. The molecule has 27 heavy (non-hydrogen) atoms. The molecule has 1 amide bonds. The molecule has 0 aromatic heterocycles. The highest BCUT2D eigenvalue weighted by Gasteiger charge is 2.49. The van der Waals surface area contributed by atoms with Crippen LogP contribution in [0.25, 0.3) is 0 Å². The number of carbonyl (C=O) groups excluding carboxylic acids is 1. The van der Waals surface area contributed by atoms with Gasteiger partial charge in [-0.1, -0.05) is 75.4 Å². The van der Waals surface area contributed by atoms with E-state index in [4.69, 9.17) is 5.73 Å². The third-order valence-electron chi connectivity index (χ3n) is 6.23. The minimum atomic E-state index is -0.288. The van der Waals surface area contributed by atoms with Crippen LogP contribution in [-0.4, -0.2) is 19.0 Å². The smallest absolute Gasteiger partial charge is 0.221 e. The van der Waals surface area contributed by atoms with Crippen LogP contribution in [0.4, 0.5) is 0 Å². The maximum absolute atomic E-state index is 12.5. The van der Waals surface area contributed by atoms with Crippen molar-refractivity contribution < 1.29 is 4.79 Å². The Labute approximate surface area is 163 Å². The number of benzene rings is 2. The van der Waals surface area contributed by atoms with Crippen molar-refractivity contribution in [1.29, 1.82) is 0 Å². The number of piperidine rings is 1. The summed E-state index contributed by atoms with van der Waals surface area (Å²) in [4.78, 5) is 12.5. The monoisotopic (exact) mass is 364 g/mol. The molecule has 3 heteroatoms. The molecule has 1 aliphatic rings. The lowest BCUT2D eigenvalue weighted by Crippen LogP contribution is -2.53. The maximum atomic E-state index is 12.5. The SMILES string of the molecule is CC(C)Cc1ccccc1C1(C(C)C(N)=O)CCNCC1c1ccccc1. The Morgan fingerprint density at radius 3 is 2.44 bits per heavy atom. The van der Waals surface area contributed by atoms with Gasteiger partial charge in [0.15, 0.2) is 0 Å². The lowest BCUT2D eigenvalue weighted by Gasteiger charge is -2.49. The van der Waals surface area contributed by atoms with E-state index in [0.29, 0.717) is 5.92 Å². The summed E-state index contributed by atoms with van der Waals surface area (Å²) in [6.45, 7) is 8.28. The van der Waals surface area contributed by atoms with E-state index in [9.17, 15) is 4.79 Å². The molecule has 3 nitrogen and oxygen atoms in total. The second-order valence-electron chi connectivity index (χ2n) is 8.34. The van der Waals surface area contributed by atoms with Crippen LogP contribution in [0.3, 0.4) is 0 Å². The topological polar surface area (TPSA) is 55.1 Å². The average Bonchev–Trinajstić information content (AvgIpc) is 2.68. The number of carbonyl (C=O) groups is 1. The normalized spacial score (nSPS) is 23.9. The van der Waals surface area contributed by atoms with E-state index in [2.05, 4.69) is 67.7 Å². The van der Waals surface area contributed by atoms with Crippen LogP contribution in [0, 0.1) is 11.8 Å². The zero-order chi connectivity index (χ0) is 19.4. The van der Waals surface area contributed by atoms with E-state index in [1.54, 1.807) is 0 Å². The highest BCUT2D eigenvalue weighted by atomic mass is 16.1. The summed E-state index contributed by atoms with van der Waals surface area (Å²) < 4.78 is 0. The van der Waals surface area contributed by atoms with Crippen LogP contribution in [0.5, 0.6) is 0 Å². The molecule has 2 aromatic carbocycles. The van der Waals surface area contributed by atoms with Gasteiger partial charge in [-0.3, -0.25) is 4.79 Å². The summed E-state index contributed by atoms with van der Waals surface area (Å²) in [6.07, 6.45) is 1.92. The van der Waals surface area contributed by atoms with Gasteiger partial charge < -0.3 is 11.1 Å². The minimum absolute atomic E-state index is 0.211. The van der Waals surface area contributed by atoms with Crippen molar-refractivity contribution in [3.8, 4) is 0 Å². The molecular formula is C24H32N2O. The van der Waals surface area contributed by atoms with Gasteiger partial charge in [0, 0.05) is 23.8 Å². The third-order valence-corrected chi connectivity index (χ3v) is 6.23. The molecule has 144 valence electrons. The number of hydrogen-bond donors (Lipinski definition) is 2. The average molecular weight is 365 g/mol. The van der Waals surface area contributed by atoms with E-state index in [0.717, 1.165) is 25.9 Å². The molecule has 0 bridgehead atoms. The lowest BCUT2D eigenvalue weighted by molar-refractivity contribution is -0.124. The minimum Gasteiger partial charge on any atom is -0.369 e. The van der Waals surface area contributed by atoms with Gasteiger partial charge >= 0.3 is 0 Å². The van der Waals surface area contributed by atoms with E-state index < -0.39 is 0 Å². The molecule has 1 heterocycles. The Morgan fingerprint density at radius 1 is 1.11 bits per heavy atom. The van der Waals surface area contributed by atoms with E-state index in [1.807, 2.05) is 13.0 Å². The fourth-order valence-corrected chi connectivity index (χ4v) is 4.92. The fourth-order valence-electron chi connectivity index (χ4n) is 4.92. The first-order valence-electron chi connectivity index (χ1n) is 10.1. The molecule has 1 aliphatic heterocycles. The molecule has 1 saturated heterocycles.